The lowest BCUT2D eigenvalue weighted by atomic mass is 10.1. The summed E-state index contributed by atoms with van der Waals surface area (Å²) in [5.41, 5.74) is 2.68. The molecule has 2 amide bonds. The second kappa shape index (κ2) is 10.6. The third-order valence-corrected chi connectivity index (χ3v) is 5.66. The Labute approximate surface area is 183 Å². The summed E-state index contributed by atoms with van der Waals surface area (Å²) in [5.74, 6) is 0.307. The minimum absolute atomic E-state index is 0.0954. The Kier molecular flexibility index (Phi) is 8.47. The summed E-state index contributed by atoms with van der Waals surface area (Å²) >= 11 is 1.46. The van der Waals surface area contributed by atoms with E-state index in [1.165, 1.54) is 23.9 Å². The van der Waals surface area contributed by atoms with E-state index in [1.54, 1.807) is 24.0 Å². The van der Waals surface area contributed by atoms with Crippen molar-refractivity contribution in [2.24, 2.45) is 0 Å². The number of rotatable bonds is 8. The van der Waals surface area contributed by atoms with Crippen LogP contribution < -0.4 is 5.32 Å². The van der Waals surface area contributed by atoms with Crippen molar-refractivity contribution in [1.82, 2.24) is 10.2 Å². The van der Waals surface area contributed by atoms with Gasteiger partial charge in [-0.3, -0.25) is 9.59 Å². The van der Waals surface area contributed by atoms with Crippen molar-refractivity contribution in [3.05, 3.63) is 71.0 Å². The molecule has 0 spiro atoms. The van der Waals surface area contributed by atoms with Gasteiger partial charge >= 0.3 is 0 Å². The van der Waals surface area contributed by atoms with Crippen LogP contribution in [0.15, 0.2) is 48.5 Å². The molecule has 0 aliphatic heterocycles. The zero-order valence-corrected chi connectivity index (χ0v) is 19.2. The summed E-state index contributed by atoms with van der Waals surface area (Å²) in [7, 11) is 0. The van der Waals surface area contributed by atoms with Crippen LogP contribution in [0.3, 0.4) is 0 Å². The van der Waals surface area contributed by atoms with E-state index in [9.17, 15) is 14.0 Å². The maximum absolute atomic E-state index is 13.1. The summed E-state index contributed by atoms with van der Waals surface area (Å²) in [4.78, 5) is 27.5. The quantitative estimate of drug-likeness (QED) is 0.660. The van der Waals surface area contributed by atoms with Gasteiger partial charge in [0.1, 0.15) is 11.9 Å². The Bertz CT molecular complexity index is 862. The highest BCUT2D eigenvalue weighted by molar-refractivity contribution is 7.99. The average Bonchev–Trinajstić information content (AvgIpc) is 2.67. The zero-order valence-electron chi connectivity index (χ0n) is 18.4. The molecule has 6 heteroatoms. The van der Waals surface area contributed by atoms with Crippen LogP contribution in [-0.2, 0) is 21.9 Å². The van der Waals surface area contributed by atoms with Gasteiger partial charge in [0.2, 0.25) is 11.8 Å². The molecule has 2 aromatic carbocycles. The van der Waals surface area contributed by atoms with Gasteiger partial charge < -0.3 is 10.2 Å². The highest BCUT2D eigenvalue weighted by atomic mass is 32.2. The molecule has 0 aliphatic carbocycles. The third kappa shape index (κ3) is 7.48. The van der Waals surface area contributed by atoms with Crippen LogP contribution in [0.2, 0.25) is 0 Å². The number of carbonyl (C=O) groups is 2. The Morgan fingerprint density at radius 2 is 1.73 bits per heavy atom. The molecule has 1 N–H and O–H groups in total. The molecule has 2 rings (SSSR count). The van der Waals surface area contributed by atoms with Gasteiger partial charge in [-0.15, -0.1) is 11.8 Å². The van der Waals surface area contributed by atoms with Gasteiger partial charge in [0.15, 0.2) is 0 Å². The predicted octanol–water partition coefficient (Wildman–Crippen LogP) is 4.70. The molecule has 0 saturated heterocycles. The molecule has 4 nitrogen and oxygen atoms in total. The van der Waals surface area contributed by atoms with Gasteiger partial charge in [-0.05, 0) is 63.4 Å². The van der Waals surface area contributed by atoms with Gasteiger partial charge in [-0.1, -0.05) is 36.4 Å². The molecule has 0 aromatic heterocycles. The van der Waals surface area contributed by atoms with Crippen molar-refractivity contribution in [2.45, 2.75) is 58.5 Å². The lowest BCUT2D eigenvalue weighted by Gasteiger charge is -2.31. The number of nitrogens with one attached hydrogen (secondary N) is 1. The average molecular weight is 431 g/mol. The normalized spacial score (nSPS) is 12.3. The number of benzene rings is 2. The Morgan fingerprint density at radius 3 is 2.33 bits per heavy atom. The number of hydrogen-bond acceptors (Lipinski definition) is 3. The zero-order chi connectivity index (χ0) is 22.3. The smallest absolute Gasteiger partial charge is 0.242 e. The van der Waals surface area contributed by atoms with Gasteiger partial charge in [-0.25, -0.2) is 4.39 Å². The number of halogens is 1. The van der Waals surface area contributed by atoms with Gasteiger partial charge in [0.25, 0.3) is 0 Å². The van der Waals surface area contributed by atoms with Crippen LogP contribution in [0.1, 0.15) is 44.4 Å². The van der Waals surface area contributed by atoms with Crippen LogP contribution in [-0.4, -0.2) is 34.0 Å². The summed E-state index contributed by atoms with van der Waals surface area (Å²) in [6.07, 6.45) is 0. The number of nitrogens with zero attached hydrogens (tertiary/aromatic N) is 1. The molecule has 0 aliphatic rings. The number of hydrogen-bond donors (Lipinski definition) is 1. The molecule has 0 saturated carbocycles. The van der Waals surface area contributed by atoms with Crippen LogP contribution in [0.4, 0.5) is 4.39 Å². The fourth-order valence-corrected chi connectivity index (χ4v) is 3.82. The van der Waals surface area contributed by atoms with Gasteiger partial charge in [0, 0.05) is 17.8 Å². The summed E-state index contributed by atoms with van der Waals surface area (Å²) in [5, 5.41) is 2.97. The molecule has 162 valence electrons. The van der Waals surface area contributed by atoms with Crippen LogP contribution >= 0.6 is 11.8 Å². The van der Waals surface area contributed by atoms with Crippen LogP contribution in [0.25, 0.3) is 0 Å². The summed E-state index contributed by atoms with van der Waals surface area (Å²) in [6.45, 7) is 9.90. The first-order valence-electron chi connectivity index (χ1n) is 10.0. The Morgan fingerprint density at radius 1 is 1.10 bits per heavy atom. The predicted molar refractivity (Wildman–Crippen MR) is 122 cm³/mol. The molecular weight excluding hydrogens is 399 g/mol. The van der Waals surface area contributed by atoms with E-state index in [-0.39, 0.29) is 28.9 Å². The number of amides is 2. The molecule has 0 bridgehead atoms. The van der Waals surface area contributed by atoms with Crippen molar-refractivity contribution in [2.75, 3.05) is 5.75 Å². The minimum Gasteiger partial charge on any atom is -0.350 e. The first-order chi connectivity index (χ1) is 14.1. The fourth-order valence-electron chi connectivity index (χ4n) is 2.95. The first-order valence-corrected chi connectivity index (χ1v) is 11.2. The molecule has 0 unspecified atom stereocenters. The third-order valence-electron chi connectivity index (χ3n) is 4.67. The van der Waals surface area contributed by atoms with E-state index in [1.807, 2.05) is 52.0 Å². The van der Waals surface area contributed by atoms with Crippen molar-refractivity contribution >= 4 is 23.6 Å². The summed E-state index contributed by atoms with van der Waals surface area (Å²) < 4.78 is 13.1. The second-order valence-corrected chi connectivity index (χ2v) is 9.47. The summed E-state index contributed by atoms with van der Waals surface area (Å²) in [6, 6.07) is 13.6. The minimum atomic E-state index is -0.595. The number of thioether (sulfide) groups is 1. The Balaban J connectivity index is 2.10. The van der Waals surface area contributed by atoms with Crippen molar-refractivity contribution in [1.29, 1.82) is 0 Å². The van der Waals surface area contributed by atoms with E-state index < -0.39 is 6.04 Å². The van der Waals surface area contributed by atoms with Crippen LogP contribution in [0.5, 0.6) is 0 Å². The number of carbonyl (C=O) groups excluding carboxylic acids is 2. The number of aryl methyl sites for hydroxylation is 1. The van der Waals surface area contributed by atoms with Crippen LogP contribution in [0, 0.1) is 12.7 Å². The van der Waals surface area contributed by atoms with E-state index in [0.29, 0.717) is 12.3 Å². The van der Waals surface area contributed by atoms with Crippen molar-refractivity contribution < 1.29 is 14.0 Å². The van der Waals surface area contributed by atoms with Crippen molar-refractivity contribution in [3.8, 4) is 0 Å². The molecule has 0 fully saturated rings. The van der Waals surface area contributed by atoms with E-state index in [0.717, 1.165) is 16.7 Å². The monoisotopic (exact) mass is 430 g/mol. The molecule has 1 atom stereocenters. The molecule has 2 aromatic rings. The lowest BCUT2D eigenvalue weighted by Crippen LogP contribution is -2.52. The highest BCUT2D eigenvalue weighted by Crippen LogP contribution is 2.18. The SMILES string of the molecule is Cc1ccccc1CN(C(=O)CSCc1ccc(F)cc1)[C@H](C)C(=O)NC(C)(C)C. The maximum Gasteiger partial charge on any atom is 0.242 e. The van der Waals surface area contributed by atoms with E-state index in [4.69, 9.17) is 0 Å². The second-order valence-electron chi connectivity index (χ2n) is 8.48. The maximum atomic E-state index is 13.1. The lowest BCUT2D eigenvalue weighted by molar-refractivity contribution is -0.139. The molecule has 0 heterocycles. The Hall–Kier alpha value is -2.34. The van der Waals surface area contributed by atoms with Crippen molar-refractivity contribution in [3.63, 3.8) is 0 Å². The molecule has 30 heavy (non-hydrogen) atoms. The highest BCUT2D eigenvalue weighted by Gasteiger charge is 2.28. The topological polar surface area (TPSA) is 49.4 Å². The van der Waals surface area contributed by atoms with E-state index in [2.05, 4.69) is 5.32 Å². The van der Waals surface area contributed by atoms with Gasteiger partial charge in [0.05, 0.1) is 5.75 Å². The molecule has 0 radical (unpaired) electrons. The first kappa shape index (κ1) is 23.9. The standard InChI is InChI=1S/C24H31FN2O2S/c1-17-8-6-7-9-20(17)14-27(18(2)23(29)26-24(3,4)5)22(28)16-30-15-19-10-12-21(25)13-11-19/h6-13,18H,14-16H2,1-5H3,(H,26,29)/t18-/m1/s1. The fraction of sp³-hybridized carbons (Fsp3) is 0.417. The van der Waals surface area contributed by atoms with Gasteiger partial charge in [-0.2, -0.15) is 0 Å². The largest absolute Gasteiger partial charge is 0.350 e. The van der Waals surface area contributed by atoms with E-state index >= 15 is 0 Å². The molecular formula is C24H31FN2O2S.